The van der Waals surface area contributed by atoms with Crippen LogP contribution in [0.25, 0.3) is 0 Å². The smallest absolute Gasteiger partial charge is 0.389 e. The number of imide groups is 1. The molecule has 1 unspecified atom stereocenters. The number of carbonyl (C=O) groups is 3. The summed E-state index contributed by atoms with van der Waals surface area (Å²) in [7, 11) is 0. The van der Waals surface area contributed by atoms with Gasteiger partial charge in [0.2, 0.25) is 5.91 Å². The lowest BCUT2D eigenvalue weighted by Gasteiger charge is -2.34. The van der Waals surface area contributed by atoms with Gasteiger partial charge in [0.15, 0.2) is 0 Å². The number of benzene rings is 1. The number of alkyl halides is 3. The largest absolute Gasteiger partial charge is 0.398 e. The fraction of sp³-hybridized carbons (Fsp3) is 0.357. The van der Waals surface area contributed by atoms with Crippen molar-refractivity contribution in [3.8, 4) is 0 Å². The molecule has 0 spiro atoms. The van der Waals surface area contributed by atoms with Crippen LogP contribution in [0.4, 0.5) is 18.9 Å². The molecule has 1 heterocycles. The van der Waals surface area contributed by atoms with Gasteiger partial charge in [0.25, 0.3) is 11.8 Å². The average Bonchev–Trinajstić information content (AvgIpc) is 2.69. The number of primary amides is 1. The summed E-state index contributed by atoms with van der Waals surface area (Å²) in [6.45, 7) is 1.04. The zero-order valence-electron chi connectivity index (χ0n) is 12.1. The molecule has 0 saturated heterocycles. The topological polar surface area (TPSA) is 106 Å². The Morgan fingerprint density at radius 1 is 1.17 bits per heavy atom. The van der Waals surface area contributed by atoms with E-state index in [9.17, 15) is 27.6 Å². The molecule has 0 fully saturated rings. The maximum atomic E-state index is 12.5. The van der Waals surface area contributed by atoms with Gasteiger partial charge in [-0.3, -0.25) is 19.3 Å². The first-order chi connectivity index (χ1) is 10.5. The molecule has 1 atom stereocenters. The number of anilines is 1. The Balaban J connectivity index is 2.46. The molecule has 124 valence electrons. The zero-order valence-corrected chi connectivity index (χ0v) is 12.1. The van der Waals surface area contributed by atoms with E-state index in [4.69, 9.17) is 11.5 Å². The predicted molar refractivity (Wildman–Crippen MR) is 74.2 cm³/mol. The molecule has 0 saturated carbocycles. The van der Waals surface area contributed by atoms with Crippen LogP contribution in [-0.4, -0.2) is 34.3 Å². The lowest BCUT2D eigenvalue weighted by Crippen LogP contribution is -2.58. The number of carbonyl (C=O) groups excluding carboxylic acids is 3. The highest BCUT2D eigenvalue weighted by atomic mass is 19.4. The van der Waals surface area contributed by atoms with Gasteiger partial charge in [0, 0.05) is 12.1 Å². The summed E-state index contributed by atoms with van der Waals surface area (Å²) in [6, 6.07) is 4.13. The highest BCUT2D eigenvalue weighted by molar-refractivity contribution is 6.25. The number of amides is 3. The first-order valence-corrected chi connectivity index (χ1v) is 6.63. The van der Waals surface area contributed by atoms with Crippen LogP contribution in [0.5, 0.6) is 0 Å². The molecule has 1 aliphatic rings. The molecule has 1 aliphatic heterocycles. The summed E-state index contributed by atoms with van der Waals surface area (Å²) in [5, 5.41) is 0. The van der Waals surface area contributed by atoms with Crippen molar-refractivity contribution >= 4 is 23.4 Å². The van der Waals surface area contributed by atoms with Crippen LogP contribution in [0, 0.1) is 0 Å². The number of nitrogens with two attached hydrogens (primary N) is 2. The summed E-state index contributed by atoms with van der Waals surface area (Å²) >= 11 is 0. The maximum absolute atomic E-state index is 12.5. The van der Waals surface area contributed by atoms with E-state index >= 15 is 0 Å². The predicted octanol–water partition coefficient (Wildman–Crippen LogP) is 1.45. The molecule has 6 nitrogen and oxygen atoms in total. The second-order valence-electron chi connectivity index (χ2n) is 5.47. The maximum Gasteiger partial charge on any atom is 0.389 e. The molecule has 1 aromatic carbocycles. The minimum atomic E-state index is -4.56. The Kier molecular flexibility index (Phi) is 3.83. The molecule has 9 heteroatoms. The van der Waals surface area contributed by atoms with Gasteiger partial charge in [-0.15, -0.1) is 0 Å². The van der Waals surface area contributed by atoms with Gasteiger partial charge in [-0.2, -0.15) is 13.2 Å². The van der Waals surface area contributed by atoms with Gasteiger partial charge in [-0.25, -0.2) is 0 Å². The van der Waals surface area contributed by atoms with Crippen LogP contribution in [0.1, 0.15) is 40.5 Å². The summed E-state index contributed by atoms with van der Waals surface area (Å²) in [6.07, 6.45) is -6.75. The fourth-order valence-corrected chi connectivity index (χ4v) is 2.49. The van der Waals surface area contributed by atoms with E-state index in [0.717, 1.165) is 6.92 Å². The van der Waals surface area contributed by atoms with Crippen molar-refractivity contribution in [2.75, 3.05) is 5.73 Å². The molecule has 1 aromatic rings. The number of halogens is 3. The second-order valence-corrected chi connectivity index (χ2v) is 5.47. The Hall–Kier alpha value is -2.58. The van der Waals surface area contributed by atoms with Crippen LogP contribution in [0.15, 0.2) is 18.2 Å². The summed E-state index contributed by atoms with van der Waals surface area (Å²) < 4.78 is 37.5. The van der Waals surface area contributed by atoms with E-state index in [0.29, 0.717) is 4.90 Å². The first kappa shape index (κ1) is 16.8. The van der Waals surface area contributed by atoms with E-state index in [1.807, 2.05) is 0 Å². The number of hydrogen-bond acceptors (Lipinski definition) is 4. The Labute approximate surface area is 129 Å². The second kappa shape index (κ2) is 5.25. The Morgan fingerprint density at radius 3 is 2.26 bits per heavy atom. The summed E-state index contributed by atoms with van der Waals surface area (Å²) in [5.41, 5.74) is 8.56. The SMILES string of the molecule is CC(CCC(F)(F)F)(C(N)=O)N1C(=O)c2cccc(N)c2C1=O. The van der Waals surface area contributed by atoms with Crippen LogP contribution < -0.4 is 11.5 Å². The number of fused-ring (bicyclic) bond motifs is 1. The van der Waals surface area contributed by atoms with Crippen LogP contribution in [-0.2, 0) is 4.79 Å². The minimum absolute atomic E-state index is 0.00555. The minimum Gasteiger partial charge on any atom is -0.398 e. The average molecular weight is 329 g/mol. The molecule has 0 aliphatic carbocycles. The number of nitrogen functional groups attached to an aromatic ring is 1. The first-order valence-electron chi connectivity index (χ1n) is 6.63. The van der Waals surface area contributed by atoms with Gasteiger partial charge in [0.1, 0.15) is 5.54 Å². The van der Waals surface area contributed by atoms with Gasteiger partial charge in [-0.05, 0) is 25.5 Å². The standard InChI is InChI=1S/C14H14F3N3O3/c1-13(12(19)23,5-6-14(15,16)17)20-10(21)7-3-2-4-8(18)9(7)11(20)22/h2-4H,5-6,18H2,1H3,(H2,19,23). The Morgan fingerprint density at radius 2 is 1.78 bits per heavy atom. The van der Waals surface area contributed by atoms with Crippen molar-refractivity contribution in [1.29, 1.82) is 0 Å². The van der Waals surface area contributed by atoms with Crippen molar-refractivity contribution in [2.24, 2.45) is 5.73 Å². The monoisotopic (exact) mass is 329 g/mol. The molecule has 0 radical (unpaired) electrons. The highest BCUT2D eigenvalue weighted by Gasteiger charge is 2.51. The van der Waals surface area contributed by atoms with Crippen molar-refractivity contribution in [2.45, 2.75) is 31.5 Å². The molecular weight excluding hydrogens is 315 g/mol. The normalized spacial score (nSPS) is 17.1. The summed E-state index contributed by atoms with van der Waals surface area (Å²) in [4.78, 5) is 37.0. The van der Waals surface area contributed by atoms with E-state index in [1.165, 1.54) is 18.2 Å². The third-order valence-electron chi connectivity index (χ3n) is 3.87. The lowest BCUT2D eigenvalue weighted by molar-refractivity contribution is -0.145. The molecular formula is C14H14F3N3O3. The van der Waals surface area contributed by atoms with E-state index in [2.05, 4.69) is 0 Å². The molecule has 23 heavy (non-hydrogen) atoms. The highest BCUT2D eigenvalue weighted by Crippen LogP contribution is 2.36. The third-order valence-corrected chi connectivity index (χ3v) is 3.87. The van der Waals surface area contributed by atoms with Crippen LogP contribution in [0.2, 0.25) is 0 Å². The molecule has 4 N–H and O–H groups in total. The van der Waals surface area contributed by atoms with Gasteiger partial charge >= 0.3 is 6.18 Å². The van der Waals surface area contributed by atoms with Crippen molar-refractivity contribution in [1.82, 2.24) is 4.90 Å². The van der Waals surface area contributed by atoms with E-state index in [1.54, 1.807) is 0 Å². The van der Waals surface area contributed by atoms with Gasteiger partial charge in [-0.1, -0.05) is 6.07 Å². The number of nitrogens with zero attached hydrogens (tertiary/aromatic N) is 1. The van der Waals surface area contributed by atoms with Crippen LogP contribution in [0.3, 0.4) is 0 Å². The number of rotatable bonds is 4. The van der Waals surface area contributed by atoms with Crippen molar-refractivity contribution in [3.63, 3.8) is 0 Å². The van der Waals surface area contributed by atoms with Gasteiger partial charge in [0.05, 0.1) is 11.1 Å². The Bertz CT molecular complexity index is 702. The fourth-order valence-electron chi connectivity index (χ4n) is 2.49. The van der Waals surface area contributed by atoms with Crippen molar-refractivity contribution < 1.29 is 27.6 Å². The molecule has 0 bridgehead atoms. The van der Waals surface area contributed by atoms with Crippen LogP contribution >= 0.6 is 0 Å². The quantitative estimate of drug-likeness (QED) is 0.644. The molecule has 0 aromatic heterocycles. The van der Waals surface area contributed by atoms with E-state index in [-0.39, 0.29) is 16.8 Å². The lowest BCUT2D eigenvalue weighted by atomic mass is 9.92. The molecule has 3 amide bonds. The van der Waals surface area contributed by atoms with E-state index < -0.39 is 42.3 Å². The molecule has 2 rings (SSSR count). The number of hydrogen-bond donors (Lipinski definition) is 2. The zero-order chi connectivity index (χ0) is 17.6. The summed E-state index contributed by atoms with van der Waals surface area (Å²) in [5.74, 6) is -3.01. The van der Waals surface area contributed by atoms with Gasteiger partial charge < -0.3 is 11.5 Å². The third kappa shape index (κ3) is 2.73. The van der Waals surface area contributed by atoms with Crippen molar-refractivity contribution in [3.05, 3.63) is 29.3 Å².